The summed E-state index contributed by atoms with van der Waals surface area (Å²) in [6, 6.07) is 7.80. The van der Waals surface area contributed by atoms with Gasteiger partial charge in [-0.15, -0.1) is 0 Å². The van der Waals surface area contributed by atoms with Gasteiger partial charge in [0.1, 0.15) is 12.3 Å². The SMILES string of the molecule is COc1ccc(CN2CCN(C(=O)NC(C)C3CCCC3)CC2=O)cc1. The number of hydrogen-bond donors (Lipinski definition) is 1. The summed E-state index contributed by atoms with van der Waals surface area (Å²) in [5.74, 6) is 1.37. The zero-order valence-electron chi connectivity index (χ0n) is 15.7. The zero-order valence-corrected chi connectivity index (χ0v) is 15.7. The lowest BCUT2D eigenvalue weighted by Crippen LogP contribution is -2.55. The summed E-state index contributed by atoms with van der Waals surface area (Å²) >= 11 is 0. The Kier molecular flexibility index (Phi) is 6.01. The molecule has 3 rings (SSSR count). The third-order valence-corrected chi connectivity index (χ3v) is 5.60. The average molecular weight is 359 g/mol. The molecular weight excluding hydrogens is 330 g/mol. The van der Waals surface area contributed by atoms with Gasteiger partial charge >= 0.3 is 6.03 Å². The molecule has 1 aliphatic carbocycles. The number of nitrogens with zero attached hydrogens (tertiary/aromatic N) is 2. The molecule has 3 amide bonds. The lowest BCUT2D eigenvalue weighted by Gasteiger charge is -2.35. The van der Waals surface area contributed by atoms with Gasteiger partial charge in [0.2, 0.25) is 5.91 Å². The van der Waals surface area contributed by atoms with Crippen LogP contribution < -0.4 is 10.1 Å². The summed E-state index contributed by atoms with van der Waals surface area (Å²) < 4.78 is 5.16. The molecule has 1 unspecified atom stereocenters. The molecule has 1 saturated heterocycles. The van der Waals surface area contributed by atoms with Gasteiger partial charge in [0.15, 0.2) is 0 Å². The van der Waals surface area contributed by atoms with E-state index in [1.165, 1.54) is 25.7 Å². The van der Waals surface area contributed by atoms with Crippen LogP contribution in [0.5, 0.6) is 5.75 Å². The van der Waals surface area contributed by atoms with Crippen molar-refractivity contribution in [1.29, 1.82) is 0 Å². The van der Waals surface area contributed by atoms with Crippen LogP contribution in [0.25, 0.3) is 0 Å². The van der Waals surface area contributed by atoms with E-state index in [1.54, 1.807) is 12.0 Å². The van der Waals surface area contributed by atoms with E-state index in [1.807, 2.05) is 29.2 Å². The molecule has 1 N–H and O–H groups in total. The van der Waals surface area contributed by atoms with Crippen LogP contribution in [0, 0.1) is 5.92 Å². The average Bonchev–Trinajstić information content (AvgIpc) is 3.19. The van der Waals surface area contributed by atoms with Crippen molar-refractivity contribution in [2.75, 3.05) is 26.7 Å². The van der Waals surface area contributed by atoms with Gasteiger partial charge in [-0.2, -0.15) is 0 Å². The number of benzene rings is 1. The van der Waals surface area contributed by atoms with Gasteiger partial charge in [-0.1, -0.05) is 25.0 Å². The number of piperazine rings is 1. The first-order valence-electron chi connectivity index (χ1n) is 9.53. The molecule has 26 heavy (non-hydrogen) atoms. The lowest BCUT2D eigenvalue weighted by molar-refractivity contribution is -0.135. The summed E-state index contributed by atoms with van der Waals surface area (Å²) in [5.41, 5.74) is 1.06. The van der Waals surface area contributed by atoms with Crippen molar-refractivity contribution < 1.29 is 14.3 Å². The van der Waals surface area contributed by atoms with Crippen LogP contribution in [0.1, 0.15) is 38.2 Å². The van der Waals surface area contributed by atoms with Gasteiger partial charge in [0, 0.05) is 25.7 Å². The van der Waals surface area contributed by atoms with Crippen molar-refractivity contribution in [1.82, 2.24) is 15.1 Å². The third-order valence-electron chi connectivity index (χ3n) is 5.60. The van der Waals surface area contributed by atoms with E-state index in [0.717, 1.165) is 11.3 Å². The van der Waals surface area contributed by atoms with Gasteiger partial charge in [0.25, 0.3) is 0 Å². The van der Waals surface area contributed by atoms with Crippen LogP contribution in [-0.2, 0) is 11.3 Å². The van der Waals surface area contributed by atoms with Crippen LogP contribution >= 0.6 is 0 Å². The maximum absolute atomic E-state index is 12.5. The number of carbonyl (C=O) groups excluding carboxylic acids is 2. The van der Waals surface area contributed by atoms with Crippen LogP contribution in [0.2, 0.25) is 0 Å². The van der Waals surface area contributed by atoms with Gasteiger partial charge in [-0.25, -0.2) is 4.79 Å². The minimum Gasteiger partial charge on any atom is -0.497 e. The second-order valence-electron chi connectivity index (χ2n) is 7.37. The fourth-order valence-corrected chi connectivity index (χ4v) is 3.86. The maximum atomic E-state index is 12.5. The Morgan fingerprint density at radius 3 is 2.54 bits per heavy atom. The molecule has 1 atom stereocenters. The number of rotatable bonds is 5. The largest absolute Gasteiger partial charge is 0.497 e. The highest BCUT2D eigenvalue weighted by atomic mass is 16.5. The molecule has 0 bridgehead atoms. The summed E-state index contributed by atoms with van der Waals surface area (Å²) in [7, 11) is 1.64. The number of urea groups is 1. The lowest BCUT2D eigenvalue weighted by atomic mass is 10.00. The third kappa shape index (κ3) is 4.48. The molecule has 0 spiro atoms. The Bertz CT molecular complexity index is 626. The van der Waals surface area contributed by atoms with Crippen molar-refractivity contribution in [3.05, 3.63) is 29.8 Å². The smallest absolute Gasteiger partial charge is 0.318 e. The van der Waals surface area contributed by atoms with E-state index in [-0.39, 0.29) is 24.5 Å². The van der Waals surface area contributed by atoms with E-state index in [9.17, 15) is 9.59 Å². The van der Waals surface area contributed by atoms with Crippen LogP contribution in [0.4, 0.5) is 4.79 Å². The predicted octanol–water partition coefficient (Wildman–Crippen LogP) is 2.63. The molecule has 1 saturated carbocycles. The normalized spacial score (nSPS) is 19.5. The van der Waals surface area contributed by atoms with E-state index in [0.29, 0.717) is 25.6 Å². The molecule has 0 radical (unpaired) electrons. The second-order valence-corrected chi connectivity index (χ2v) is 7.37. The van der Waals surface area contributed by atoms with E-state index in [2.05, 4.69) is 12.2 Å². The fourth-order valence-electron chi connectivity index (χ4n) is 3.86. The summed E-state index contributed by atoms with van der Waals surface area (Å²) in [6.45, 7) is 3.94. The number of hydrogen-bond acceptors (Lipinski definition) is 3. The minimum atomic E-state index is -0.109. The standard InChI is InChI=1S/C20H29N3O3/c1-15(17-5-3-4-6-17)21-20(25)23-12-11-22(19(24)14-23)13-16-7-9-18(26-2)10-8-16/h7-10,15,17H,3-6,11-14H2,1-2H3,(H,21,25). The highest BCUT2D eigenvalue weighted by Crippen LogP contribution is 2.27. The maximum Gasteiger partial charge on any atom is 0.318 e. The molecule has 1 aromatic carbocycles. The topological polar surface area (TPSA) is 61.9 Å². The van der Waals surface area contributed by atoms with Crippen LogP contribution in [0.15, 0.2) is 24.3 Å². The van der Waals surface area contributed by atoms with Crippen molar-refractivity contribution in [2.24, 2.45) is 5.92 Å². The first-order chi connectivity index (χ1) is 12.6. The molecule has 0 aromatic heterocycles. The molecule has 2 aliphatic rings. The number of nitrogens with one attached hydrogen (secondary N) is 1. The Balaban J connectivity index is 1.49. The number of ether oxygens (including phenoxy) is 1. The van der Waals surface area contributed by atoms with Crippen LogP contribution in [-0.4, -0.2) is 54.5 Å². The first-order valence-corrected chi connectivity index (χ1v) is 9.53. The number of carbonyl (C=O) groups is 2. The summed E-state index contributed by atoms with van der Waals surface area (Å²) in [4.78, 5) is 28.4. The first kappa shape index (κ1) is 18.5. The summed E-state index contributed by atoms with van der Waals surface area (Å²) in [6.07, 6.45) is 4.90. The highest BCUT2D eigenvalue weighted by molar-refractivity contribution is 5.85. The van der Waals surface area contributed by atoms with Crippen LogP contribution in [0.3, 0.4) is 0 Å². The molecule has 6 heteroatoms. The summed E-state index contributed by atoms with van der Waals surface area (Å²) in [5, 5.41) is 3.09. The van der Waals surface area contributed by atoms with Gasteiger partial charge in [0.05, 0.1) is 7.11 Å². The van der Waals surface area contributed by atoms with Gasteiger partial charge < -0.3 is 19.9 Å². The molecule has 1 aliphatic heterocycles. The highest BCUT2D eigenvalue weighted by Gasteiger charge is 2.29. The monoisotopic (exact) mass is 359 g/mol. The Hall–Kier alpha value is -2.24. The molecular formula is C20H29N3O3. The Morgan fingerprint density at radius 1 is 1.23 bits per heavy atom. The number of methoxy groups -OCH3 is 1. The fraction of sp³-hybridized carbons (Fsp3) is 0.600. The van der Waals surface area contributed by atoms with Gasteiger partial charge in [-0.05, 0) is 43.4 Å². The Morgan fingerprint density at radius 2 is 1.92 bits per heavy atom. The second kappa shape index (κ2) is 8.43. The molecule has 142 valence electrons. The molecule has 1 heterocycles. The quantitative estimate of drug-likeness (QED) is 0.879. The van der Waals surface area contributed by atoms with E-state index < -0.39 is 0 Å². The molecule has 2 fully saturated rings. The molecule has 6 nitrogen and oxygen atoms in total. The van der Waals surface area contributed by atoms with E-state index in [4.69, 9.17) is 4.74 Å². The van der Waals surface area contributed by atoms with Crippen molar-refractivity contribution in [3.63, 3.8) is 0 Å². The van der Waals surface area contributed by atoms with Crippen molar-refractivity contribution >= 4 is 11.9 Å². The van der Waals surface area contributed by atoms with Gasteiger partial charge in [-0.3, -0.25) is 4.79 Å². The molecule has 1 aromatic rings. The van der Waals surface area contributed by atoms with Crippen molar-refractivity contribution in [3.8, 4) is 5.75 Å². The predicted molar refractivity (Wildman–Crippen MR) is 99.9 cm³/mol. The zero-order chi connectivity index (χ0) is 18.5. The van der Waals surface area contributed by atoms with E-state index >= 15 is 0 Å². The Labute approximate surface area is 155 Å². The van der Waals surface area contributed by atoms with Crippen molar-refractivity contribution in [2.45, 2.75) is 45.2 Å². The number of amides is 3. The minimum absolute atomic E-state index is 0.00395.